The monoisotopic (exact) mass is 237 g/mol. The summed E-state index contributed by atoms with van der Waals surface area (Å²) in [4.78, 5) is 0. The van der Waals surface area contributed by atoms with Gasteiger partial charge in [-0.25, -0.2) is 0 Å². The fourth-order valence-electron chi connectivity index (χ4n) is 1.75. The molecular formula is C11H15N3OS. The zero-order valence-electron chi connectivity index (χ0n) is 9.22. The van der Waals surface area contributed by atoms with E-state index in [1.54, 1.807) is 0 Å². The maximum atomic E-state index is 11.6. The summed E-state index contributed by atoms with van der Waals surface area (Å²) in [5, 5.41) is 5.47. The topological polar surface area (TPSA) is 60.9 Å². The van der Waals surface area contributed by atoms with Gasteiger partial charge in [-0.3, -0.25) is 8.89 Å². The van der Waals surface area contributed by atoms with Crippen LogP contribution in [0.4, 0.5) is 0 Å². The average Bonchev–Trinajstić information content (AvgIpc) is 2.57. The molecule has 2 aromatic rings. The number of hydrogen-bond acceptors (Lipinski definition) is 3. The Morgan fingerprint density at radius 3 is 2.94 bits per heavy atom. The van der Waals surface area contributed by atoms with Gasteiger partial charge in [0.05, 0.1) is 17.0 Å². The SMILES string of the molecule is Cn1nc(CS(=O)CCN)c2ccccc21. The minimum atomic E-state index is -0.915. The van der Waals surface area contributed by atoms with Crippen molar-refractivity contribution in [3.05, 3.63) is 30.0 Å². The minimum absolute atomic E-state index is 0.456. The maximum Gasteiger partial charge on any atom is 0.0827 e. The number of benzene rings is 1. The lowest BCUT2D eigenvalue weighted by Gasteiger charge is -1.97. The van der Waals surface area contributed by atoms with E-state index in [9.17, 15) is 4.21 Å². The Hall–Kier alpha value is -1.20. The first-order valence-corrected chi connectivity index (χ1v) is 6.67. The molecule has 0 aliphatic rings. The lowest BCUT2D eigenvalue weighted by molar-refractivity contribution is 0.680. The number of hydrogen-bond donors (Lipinski definition) is 1. The van der Waals surface area contributed by atoms with Crippen LogP contribution in [0.2, 0.25) is 0 Å². The van der Waals surface area contributed by atoms with Crippen molar-refractivity contribution in [2.24, 2.45) is 12.8 Å². The van der Waals surface area contributed by atoms with E-state index in [2.05, 4.69) is 5.10 Å². The molecule has 1 atom stereocenters. The van der Waals surface area contributed by atoms with Crippen LogP contribution >= 0.6 is 0 Å². The van der Waals surface area contributed by atoms with E-state index in [0.29, 0.717) is 18.1 Å². The number of aryl methyl sites for hydroxylation is 1. The summed E-state index contributed by atoms with van der Waals surface area (Å²) in [6, 6.07) is 7.97. The van der Waals surface area contributed by atoms with Crippen LogP contribution in [-0.4, -0.2) is 26.3 Å². The quantitative estimate of drug-likeness (QED) is 0.855. The fraction of sp³-hybridized carbons (Fsp3) is 0.364. The van der Waals surface area contributed by atoms with E-state index in [-0.39, 0.29) is 0 Å². The molecule has 0 saturated carbocycles. The van der Waals surface area contributed by atoms with Crippen LogP contribution in [0.15, 0.2) is 24.3 Å². The molecule has 4 nitrogen and oxygen atoms in total. The molecule has 0 saturated heterocycles. The van der Waals surface area contributed by atoms with Gasteiger partial charge in [0.15, 0.2) is 0 Å². The predicted octanol–water partition coefficient (Wildman–Crippen LogP) is 0.781. The Kier molecular flexibility index (Phi) is 3.36. The molecule has 1 unspecified atom stereocenters. The van der Waals surface area contributed by atoms with Gasteiger partial charge in [-0.2, -0.15) is 5.10 Å². The molecule has 2 N–H and O–H groups in total. The van der Waals surface area contributed by atoms with Gasteiger partial charge in [-0.15, -0.1) is 0 Å². The van der Waals surface area contributed by atoms with E-state index in [1.165, 1.54) is 0 Å². The third-order valence-corrected chi connectivity index (χ3v) is 3.76. The molecular weight excluding hydrogens is 222 g/mol. The number of para-hydroxylation sites is 1. The average molecular weight is 237 g/mol. The van der Waals surface area contributed by atoms with Crippen LogP contribution in [0, 0.1) is 0 Å². The van der Waals surface area contributed by atoms with E-state index in [4.69, 9.17) is 5.73 Å². The van der Waals surface area contributed by atoms with Crippen molar-refractivity contribution in [2.45, 2.75) is 5.75 Å². The summed E-state index contributed by atoms with van der Waals surface area (Å²) in [6.07, 6.45) is 0. The fourth-order valence-corrected chi connectivity index (χ4v) is 2.68. The Bertz CT molecular complexity index is 521. The van der Waals surface area contributed by atoms with Crippen molar-refractivity contribution in [1.29, 1.82) is 0 Å². The standard InChI is InChI=1S/C11H15N3OS/c1-14-11-5-3-2-4-9(11)10(13-14)8-16(15)7-6-12/h2-5H,6-8,12H2,1H3. The molecule has 0 amide bonds. The molecule has 2 rings (SSSR count). The van der Waals surface area contributed by atoms with Crippen LogP contribution < -0.4 is 5.73 Å². The molecule has 0 aliphatic heterocycles. The first kappa shape index (κ1) is 11.3. The molecule has 1 aromatic heterocycles. The molecule has 86 valence electrons. The maximum absolute atomic E-state index is 11.6. The molecule has 1 aromatic carbocycles. The third-order valence-electron chi connectivity index (χ3n) is 2.48. The number of aromatic nitrogens is 2. The van der Waals surface area contributed by atoms with Crippen LogP contribution in [0.5, 0.6) is 0 Å². The highest BCUT2D eigenvalue weighted by Gasteiger charge is 2.10. The Balaban J connectivity index is 2.34. The largest absolute Gasteiger partial charge is 0.330 e. The summed E-state index contributed by atoms with van der Waals surface area (Å²) in [7, 11) is 0.986. The number of rotatable bonds is 4. The molecule has 0 aliphatic carbocycles. The highest BCUT2D eigenvalue weighted by atomic mass is 32.2. The normalized spacial score (nSPS) is 13.1. The van der Waals surface area contributed by atoms with Crippen molar-refractivity contribution in [2.75, 3.05) is 12.3 Å². The van der Waals surface area contributed by atoms with Crippen LogP contribution in [0.1, 0.15) is 5.69 Å². The van der Waals surface area contributed by atoms with Gasteiger partial charge in [-0.1, -0.05) is 18.2 Å². The number of fused-ring (bicyclic) bond motifs is 1. The van der Waals surface area contributed by atoms with Gasteiger partial charge < -0.3 is 5.73 Å². The zero-order chi connectivity index (χ0) is 11.5. The van der Waals surface area contributed by atoms with Crippen molar-refractivity contribution in [3.63, 3.8) is 0 Å². The first-order valence-electron chi connectivity index (χ1n) is 5.18. The van der Waals surface area contributed by atoms with Crippen molar-refractivity contribution >= 4 is 21.7 Å². The predicted molar refractivity (Wildman–Crippen MR) is 66.5 cm³/mol. The lowest BCUT2D eigenvalue weighted by Crippen LogP contribution is -2.12. The third kappa shape index (κ3) is 2.15. The summed E-state index contributed by atoms with van der Waals surface area (Å²) < 4.78 is 13.5. The zero-order valence-corrected chi connectivity index (χ0v) is 10.0. The van der Waals surface area contributed by atoms with Gasteiger partial charge in [0, 0.05) is 35.5 Å². The van der Waals surface area contributed by atoms with Gasteiger partial charge in [0.1, 0.15) is 0 Å². The molecule has 1 heterocycles. The van der Waals surface area contributed by atoms with E-state index < -0.39 is 10.8 Å². The highest BCUT2D eigenvalue weighted by molar-refractivity contribution is 7.84. The molecule has 16 heavy (non-hydrogen) atoms. The minimum Gasteiger partial charge on any atom is -0.330 e. The van der Waals surface area contributed by atoms with Crippen molar-refractivity contribution < 1.29 is 4.21 Å². The van der Waals surface area contributed by atoms with Gasteiger partial charge in [0.2, 0.25) is 0 Å². The highest BCUT2D eigenvalue weighted by Crippen LogP contribution is 2.18. The number of nitrogens with two attached hydrogens (primary N) is 1. The Morgan fingerprint density at radius 1 is 1.44 bits per heavy atom. The van der Waals surface area contributed by atoms with E-state index in [1.807, 2.05) is 36.0 Å². The van der Waals surface area contributed by atoms with Crippen LogP contribution in [0.3, 0.4) is 0 Å². The van der Waals surface area contributed by atoms with Crippen molar-refractivity contribution in [3.8, 4) is 0 Å². The summed E-state index contributed by atoms with van der Waals surface area (Å²) >= 11 is 0. The van der Waals surface area contributed by atoms with Gasteiger partial charge >= 0.3 is 0 Å². The summed E-state index contributed by atoms with van der Waals surface area (Å²) in [5.74, 6) is 1.02. The molecule has 0 radical (unpaired) electrons. The van der Waals surface area contributed by atoms with Gasteiger partial charge in [0.25, 0.3) is 0 Å². The Morgan fingerprint density at radius 2 is 2.19 bits per heavy atom. The second kappa shape index (κ2) is 4.76. The molecule has 5 heteroatoms. The number of nitrogens with zero attached hydrogens (tertiary/aromatic N) is 2. The molecule has 0 spiro atoms. The van der Waals surface area contributed by atoms with Crippen molar-refractivity contribution in [1.82, 2.24) is 9.78 Å². The van der Waals surface area contributed by atoms with E-state index in [0.717, 1.165) is 16.6 Å². The van der Waals surface area contributed by atoms with Crippen LogP contribution in [-0.2, 0) is 23.6 Å². The second-order valence-corrected chi connectivity index (χ2v) is 5.24. The second-order valence-electron chi connectivity index (χ2n) is 3.66. The molecule has 0 fully saturated rings. The van der Waals surface area contributed by atoms with Crippen LogP contribution in [0.25, 0.3) is 10.9 Å². The lowest BCUT2D eigenvalue weighted by atomic mass is 10.2. The Labute approximate surface area is 96.9 Å². The first-order chi connectivity index (χ1) is 7.72. The summed E-state index contributed by atoms with van der Waals surface area (Å²) in [6.45, 7) is 0.456. The smallest absolute Gasteiger partial charge is 0.0827 e. The van der Waals surface area contributed by atoms with Gasteiger partial charge in [-0.05, 0) is 6.07 Å². The molecule has 0 bridgehead atoms. The van der Waals surface area contributed by atoms with E-state index >= 15 is 0 Å². The summed E-state index contributed by atoms with van der Waals surface area (Å²) in [5.41, 5.74) is 7.35.